The zero-order chi connectivity index (χ0) is 10.6. The van der Waals surface area contributed by atoms with Crippen molar-refractivity contribution in [1.82, 2.24) is 4.57 Å². The molecule has 0 fully saturated rings. The zero-order valence-corrected chi connectivity index (χ0v) is 8.36. The Balaban J connectivity index is 2.56. The largest absolute Gasteiger partial charge is 0.390 e. The maximum atomic E-state index is 10.5. The fraction of sp³-hybridized carbons (Fsp3) is 0.500. The first-order chi connectivity index (χ1) is 6.65. The molecule has 14 heavy (non-hydrogen) atoms. The highest BCUT2D eigenvalue weighted by molar-refractivity contribution is 5.73. The lowest BCUT2D eigenvalue weighted by Crippen LogP contribution is -2.12. The maximum absolute atomic E-state index is 10.5. The van der Waals surface area contributed by atoms with Crippen LogP contribution >= 0.6 is 0 Å². The molecule has 0 aliphatic rings. The van der Waals surface area contributed by atoms with Crippen LogP contribution in [0.25, 0.3) is 0 Å². The van der Waals surface area contributed by atoms with Crippen LogP contribution in [0.4, 0.5) is 0 Å². The Morgan fingerprint density at radius 1 is 1.57 bits per heavy atom. The molecule has 0 bridgehead atoms. The monoisotopic (exact) mass is 196 g/mol. The summed E-state index contributed by atoms with van der Waals surface area (Å²) in [7, 11) is 0. The van der Waals surface area contributed by atoms with Gasteiger partial charge in [0, 0.05) is 24.4 Å². The van der Waals surface area contributed by atoms with Crippen molar-refractivity contribution < 1.29 is 9.90 Å². The Hall–Kier alpha value is -1.29. The maximum Gasteiger partial charge on any atom is 0.217 e. The van der Waals surface area contributed by atoms with Crippen LogP contribution in [0.15, 0.2) is 12.1 Å². The molecule has 1 rings (SSSR count). The highest BCUT2D eigenvalue weighted by atomic mass is 16.3. The van der Waals surface area contributed by atoms with Crippen LogP contribution in [0.3, 0.4) is 0 Å². The molecule has 0 radical (unpaired) electrons. The first-order valence-corrected chi connectivity index (χ1v) is 4.69. The molecular weight excluding hydrogens is 180 g/mol. The van der Waals surface area contributed by atoms with E-state index in [1.54, 1.807) is 0 Å². The standard InChI is InChI=1S/C10H16N2O2/c1-8-4-5-9(7-13)12(8)6-2-3-10(11)14/h4-5,13H,2-3,6-7H2,1H3,(H2,11,14). The fourth-order valence-electron chi connectivity index (χ4n) is 1.49. The summed E-state index contributed by atoms with van der Waals surface area (Å²) < 4.78 is 2.00. The normalized spacial score (nSPS) is 10.4. The van der Waals surface area contributed by atoms with Crippen LogP contribution in [-0.4, -0.2) is 15.6 Å². The topological polar surface area (TPSA) is 68.2 Å². The molecule has 1 aromatic heterocycles. The number of amides is 1. The summed E-state index contributed by atoms with van der Waals surface area (Å²) in [5.74, 6) is -0.277. The zero-order valence-electron chi connectivity index (χ0n) is 8.36. The van der Waals surface area contributed by atoms with Gasteiger partial charge in [-0.2, -0.15) is 0 Å². The Morgan fingerprint density at radius 2 is 2.29 bits per heavy atom. The number of carbonyl (C=O) groups is 1. The molecule has 78 valence electrons. The molecule has 0 saturated carbocycles. The molecule has 1 aromatic rings. The van der Waals surface area contributed by atoms with Gasteiger partial charge < -0.3 is 15.4 Å². The summed E-state index contributed by atoms with van der Waals surface area (Å²) in [4.78, 5) is 10.5. The molecule has 0 aromatic carbocycles. The van der Waals surface area contributed by atoms with Crippen LogP contribution < -0.4 is 5.73 Å². The summed E-state index contributed by atoms with van der Waals surface area (Å²) in [6.07, 6.45) is 1.11. The predicted octanol–water partition coefficient (Wildman–Crippen LogP) is 0.554. The Kier molecular flexibility index (Phi) is 3.71. The van der Waals surface area contributed by atoms with Crippen molar-refractivity contribution in [2.24, 2.45) is 5.73 Å². The number of aromatic nitrogens is 1. The van der Waals surface area contributed by atoms with E-state index in [0.29, 0.717) is 6.42 Å². The van der Waals surface area contributed by atoms with Gasteiger partial charge in [-0.15, -0.1) is 0 Å². The summed E-state index contributed by atoms with van der Waals surface area (Å²) in [6, 6.07) is 3.84. The number of aliphatic hydroxyl groups excluding tert-OH is 1. The van der Waals surface area contributed by atoms with Gasteiger partial charge in [-0.3, -0.25) is 4.79 Å². The van der Waals surface area contributed by atoms with E-state index in [9.17, 15) is 4.79 Å². The number of carbonyl (C=O) groups excluding carboxylic acids is 1. The molecule has 0 unspecified atom stereocenters. The van der Waals surface area contributed by atoms with Crippen molar-refractivity contribution in [3.8, 4) is 0 Å². The van der Waals surface area contributed by atoms with E-state index in [1.165, 1.54) is 0 Å². The van der Waals surface area contributed by atoms with Gasteiger partial charge in [-0.05, 0) is 25.5 Å². The number of aryl methyl sites for hydroxylation is 1. The second-order valence-electron chi connectivity index (χ2n) is 3.35. The molecule has 4 heteroatoms. The first-order valence-electron chi connectivity index (χ1n) is 4.69. The predicted molar refractivity (Wildman–Crippen MR) is 53.5 cm³/mol. The van der Waals surface area contributed by atoms with E-state index in [2.05, 4.69) is 0 Å². The Bertz CT molecular complexity index is 318. The van der Waals surface area contributed by atoms with Gasteiger partial charge in [0.25, 0.3) is 0 Å². The average molecular weight is 196 g/mol. The second-order valence-corrected chi connectivity index (χ2v) is 3.35. The van der Waals surface area contributed by atoms with Gasteiger partial charge in [0.05, 0.1) is 6.61 Å². The lowest BCUT2D eigenvalue weighted by Gasteiger charge is -2.08. The SMILES string of the molecule is Cc1ccc(CO)n1CCCC(N)=O. The minimum Gasteiger partial charge on any atom is -0.390 e. The minimum absolute atomic E-state index is 0.0322. The quantitative estimate of drug-likeness (QED) is 0.722. The third kappa shape index (κ3) is 2.60. The van der Waals surface area contributed by atoms with E-state index >= 15 is 0 Å². The van der Waals surface area contributed by atoms with Gasteiger partial charge in [-0.25, -0.2) is 0 Å². The Labute approximate surface area is 83.3 Å². The molecule has 0 aliphatic carbocycles. The molecule has 4 nitrogen and oxygen atoms in total. The summed E-state index contributed by atoms with van der Waals surface area (Å²) in [5.41, 5.74) is 7.02. The van der Waals surface area contributed by atoms with E-state index in [-0.39, 0.29) is 12.5 Å². The summed E-state index contributed by atoms with van der Waals surface area (Å²) in [5, 5.41) is 9.03. The number of hydrogen-bond acceptors (Lipinski definition) is 2. The van der Waals surface area contributed by atoms with E-state index in [4.69, 9.17) is 10.8 Å². The number of hydrogen-bond donors (Lipinski definition) is 2. The van der Waals surface area contributed by atoms with Crippen molar-refractivity contribution in [3.63, 3.8) is 0 Å². The van der Waals surface area contributed by atoms with E-state index < -0.39 is 0 Å². The lowest BCUT2D eigenvalue weighted by atomic mass is 10.3. The van der Waals surface area contributed by atoms with Crippen molar-refractivity contribution in [3.05, 3.63) is 23.5 Å². The van der Waals surface area contributed by atoms with Crippen molar-refractivity contribution in [2.75, 3.05) is 0 Å². The summed E-state index contributed by atoms with van der Waals surface area (Å²) in [6.45, 7) is 2.74. The number of nitrogens with zero attached hydrogens (tertiary/aromatic N) is 1. The lowest BCUT2D eigenvalue weighted by molar-refractivity contribution is -0.118. The molecule has 0 aliphatic heterocycles. The molecule has 1 amide bonds. The fourth-order valence-corrected chi connectivity index (χ4v) is 1.49. The molecule has 0 saturated heterocycles. The van der Waals surface area contributed by atoms with Crippen LogP contribution in [0.5, 0.6) is 0 Å². The van der Waals surface area contributed by atoms with Gasteiger partial charge in [0.1, 0.15) is 0 Å². The van der Waals surface area contributed by atoms with Gasteiger partial charge in [-0.1, -0.05) is 0 Å². The first kappa shape index (κ1) is 10.8. The van der Waals surface area contributed by atoms with Gasteiger partial charge in [0.15, 0.2) is 0 Å². The highest BCUT2D eigenvalue weighted by Crippen LogP contribution is 2.09. The third-order valence-corrected chi connectivity index (χ3v) is 2.26. The minimum atomic E-state index is -0.277. The number of nitrogens with two attached hydrogens (primary N) is 1. The van der Waals surface area contributed by atoms with Gasteiger partial charge in [0.2, 0.25) is 5.91 Å². The van der Waals surface area contributed by atoms with Crippen LogP contribution in [0.1, 0.15) is 24.2 Å². The van der Waals surface area contributed by atoms with E-state index in [0.717, 1.165) is 24.4 Å². The average Bonchev–Trinajstić information content (AvgIpc) is 2.47. The summed E-state index contributed by atoms with van der Waals surface area (Å²) >= 11 is 0. The van der Waals surface area contributed by atoms with Crippen LogP contribution in [0.2, 0.25) is 0 Å². The van der Waals surface area contributed by atoms with Crippen molar-refractivity contribution in [2.45, 2.75) is 32.9 Å². The van der Waals surface area contributed by atoms with E-state index in [1.807, 2.05) is 23.6 Å². The molecule has 0 spiro atoms. The van der Waals surface area contributed by atoms with Crippen molar-refractivity contribution in [1.29, 1.82) is 0 Å². The molecule has 0 atom stereocenters. The number of primary amides is 1. The Morgan fingerprint density at radius 3 is 2.86 bits per heavy atom. The smallest absolute Gasteiger partial charge is 0.217 e. The van der Waals surface area contributed by atoms with Crippen LogP contribution in [-0.2, 0) is 17.9 Å². The second kappa shape index (κ2) is 4.81. The van der Waals surface area contributed by atoms with Gasteiger partial charge >= 0.3 is 0 Å². The highest BCUT2D eigenvalue weighted by Gasteiger charge is 2.03. The third-order valence-electron chi connectivity index (χ3n) is 2.26. The molecule has 3 N–H and O–H groups in total. The number of rotatable bonds is 5. The molecule has 1 heterocycles. The number of aliphatic hydroxyl groups is 1. The molecular formula is C10H16N2O2. The van der Waals surface area contributed by atoms with Crippen LogP contribution in [0, 0.1) is 6.92 Å². The van der Waals surface area contributed by atoms with Crippen molar-refractivity contribution >= 4 is 5.91 Å².